The van der Waals surface area contributed by atoms with E-state index in [0.29, 0.717) is 29.7 Å². The third kappa shape index (κ3) is 4.96. The first-order valence-electron chi connectivity index (χ1n) is 10.6. The predicted octanol–water partition coefficient (Wildman–Crippen LogP) is 6.67. The third-order valence-electron chi connectivity index (χ3n) is 5.34. The summed E-state index contributed by atoms with van der Waals surface area (Å²) in [7, 11) is 0. The molecule has 0 unspecified atom stereocenters. The lowest BCUT2D eigenvalue weighted by Gasteiger charge is -2.29. The van der Waals surface area contributed by atoms with Gasteiger partial charge >= 0.3 is 0 Å². The van der Waals surface area contributed by atoms with E-state index in [1.807, 2.05) is 65.8 Å². The average molecular weight is 421 g/mol. The summed E-state index contributed by atoms with van der Waals surface area (Å²) in [6.07, 6.45) is 8.95. The number of hydrogen-bond donors (Lipinski definition) is 3. The van der Waals surface area contributed by atoms with E-state index in [4.69, 9.17) is 4.74 Å². The van der Waals surface area contributed by atoms with Gasteiger partial charge in [0.15, 0.2) is 11.5 Å². The lowest BCUT2D eigenvalue weighted by Crippen LogP contribution is -2.27. The third-order valence-corrected chi connectivity index (χ3v) is 5.34. The normalized spacial score (nSPS) is 13.9. The second-order valence-corrected chi connectivity index (χ2v) is 9.17. The quantitative estimate of drug-likeness (QED) is 0.373. The fourth-order valence-corrected chi connectivity index (χ4v) is 3.72. The Bertz CT molecular complexity index is 1090. The minimum atomic E-state index is -0.481. The van der Waals surface area contributed by atoms with Crippen molar-refractivity contribution in [2.45, 2.75) is 60.0 Å². The number of ether oxygens (including phenoxy) is 1. The van der Waals surface area contributed by atoms with Crippen LogP contribution in [0, 0.1) is 0 Å². The summed E-state index contributed by atoms with van der Waals surface area (Å²) in [5.41, 5.74) is 5.48. The fourth-order valence-electron chi connectivity index (χ4n) is 3.72. The molecule has 164 valence electrons. The minimum Gasteiger partial charge on any atom is -0.507 e. The Hall–Kier alpha value is -3.14. The number of rotatable bonds is 5. The Morgan fingerprint density at radius 3 is 2.19 bits per heavy atom. The van der Waals surface area contributed by atoms with Crippen molar-refractivity contribution < 1.29 is 20.1 Å². The molecule has 31 heavy (non-hydrogen) atoms. The smallest absolute Gasteiger partial charge is 0.161 e. The van der Waals surface area contributed by atoms with Gasteiger partial charge < -0.3 is 20.1 Å². The summed E-state index contributed by atoms with van der Waals surface area (Å²) < 4.78 is 6.11. The fraction of sp³-hybridized carbons (Fsp3) is 0.333. The lowest BCUT2D eigenvalue weighted by molar-refractivity contribution is 0.158. The van der Waals surface area contributed by atoms with E-state index >= 15 is 0 Å². The molecule has 0 aromatic heterocycles. The van der Waals surface area contributed by atoms with Crippen LogP contribution in [0.1, 0.15) is 58.2 Å². The zero-order chi connectivity index (χ0) is 22.9. The molecular formula is C27H32O4. The van der Waals surface area contributed by atoms with Crippen LogP contribution in [0.15, 0.2) is 47.6 Å². The SMILES string of the molecule is CC(C)=CCc1cc(O)c(O)c(CC=C(C)C)c1-c1cc(O)c2c(c1)OC(C)(C)C=C2. The van der Waals surface area contributed by atoms with Gasteiger partial charge in [0.2, 0.25) is 0 Å². The molecule has 0 atom stereocenters. The van der Waals surface area contributed by atoms with E-state index in [1.165, 1.54) is 0 Å². The number of phenolic OH excluding ortho intramolecular Hbond substituents is 3. The highest BCUT2D eigenvalue weighted by molar-refractivity contribution is 5.81. The maximum Gasteiger partial charge on any atom is 0.161 e. The zero-order valence-electron chi connectivity index (χ0n) is 19.2. The van der Waals surface area contributed by atoms with Gasteiger partial charge in [0, 0.05) is 5.56 Å². The molecule has 0 saturated heterocycles. The van der Waals surface area contributed by atoms with E-state index in [-0.39, 0.29) is 17.2 Å². The summed E-state index contributed by atoms with van der Waals surface area (Å²) in [6.45, 7) is 12.0. The Balaban J connectivity index is 2.29. The van der Waals surface area contributed by atoms with E-state index < -0.39 is 5.60 Å². The number of benzene rings is 2. The van der Waals surface area contributed by atoms with Gasteiger partial charge in [-0.15, -0.1) is 0 Å². The van der Waals surface area contributed by atoms with Crippen molar-refractivity contribution in [2.75, 3.05) is 0 Å². The first-order valence-corrected chi connectivity index (χ1v) is 10.6. The Morgan fingerprint density at radius 1 is 0.903 bits per heavy atom. The summed E-state index contributed by atoms with van der Waals surface area (Å²) in [4.78, 5) is 0. The van der Waals surface area contributed by atoms with Crippen LogP contribution in [0.4, 0.5) is 0 Å². The molecule has 3 rings (SSSR count). The van der Waals surface area contributed by atoms with Crippen LogP contribution in [0.25, 0.3) is 17.2 Å². The number of aromatic hydroxyl groups is 3. The molecule has 0 spiro atoms. The van der Waals surface area contributed by atoms with Crippen molar-refractivity contribution in [1.29, 1.82) is 0 Å². The highest BCUT2D eigenvalue weighted by Gasteiger charge is 2.26. The Morgan fingerprint density at radius 2 is 1.55 bits per heavy atom. The van der Waals surface area contributed by atoms with E-state index in [9.17, 15) is 15.3 Å². The summed E-state index contributed by atoms with van der Waals surface area (Å²) in [5, 5.41) is 31.9. The molecule has 0 saturated carbocycles. The van der Waals surface area contributed by atoms with Crippen molar-refractivity contribution in [2.24, 2.45) is 0 Å². The number of fused-ring (bicyclic) bond motifs is 1. The van der Waals surface area contributed by atoms with Crippen molar-refractivity contribution in [3.05, 3.63) is 64.3 Å². The first kappa shape index (κ1) is 22.5. The molecule has 4 nitrogen and oxygen atoms in total. The van der Waals surface area contributed by atoms with Crippen LogP contribution in [-0.2, 0) is 12.8 Å². The molecular weight excluding hydrogens is 388 g/mol. The van der Waals surface area contributed by atoms with Crippen molar-refractivity contribution in [3.8, 4) is 34.1 Å². The summed E-state index contributed by atoms with van der Waals surface area (Å²) in [5.74, 6) is 0.442. The second kappa shape index (κ2) is 8.54. The number of allylic oxidation sites excluding steroid dienone is 4. The predicted molar refractivity (Wildman–Crippen MR) is 127 cm³/mol. The molecule has 1 aliphatic heterocycles. The monoisotopic (exact) mass is 420 g/mol. The molecule has 1 aliphatic rings. The van der Waals surface area contributed by atoms with Gasteiger partial charge in [-0.3, -0.25) is 0 Å². The van der Waals surface area contributed by atoms with Gasteiger partial charge in [0.25, 0.3) is 0 Å². The molecule has 0 aliphatic carbocycles. The number of hydrogen-bond acceptors (Lipinski definition) is 4. The molecule has 0 bridgehead atoms. The molecule has 0 radical (unpaired) electrons. The van der Waals surface area contributed by atoms with Gasteiger partial charge in [-0.1, -0.05) is 23.3 Å². The van der Waals surface area contributed by atoms with Crippen LogP contribution in [0.2, 0.25) is 0 Å². The molecule has 2 aromatic carbocycles. The van der Waals surface area contributed by atoms with Crippen LogP contribution in [0.3, 0.4) is 0 Å². The van der Waals surface area contributed by atoms with Crippen LogP contribution in [-0.4, -0.2) is 20.9 Å². The highest BCUT2D eigenvalue weighted by Crippen LogP contribution is 2.45. The Kier molecular flexibility index (Phi) is 6.21. The highest BCUT2D eigenvalue weighted by atomic mass is 16.5. The van der Waals surface area contributed by atoms with Crippen molar-refractivity contribution >= 4 is 6.08 Å². The zero-order valence-corrected chi connectivity index (χ0v) is 19.2. The molecule has 1 heterocycles. The minimum absolute atomic E-state index is 0.119. The van der Waals surface area contributed by atoms with Crippen LogP contribution >= 0.6 is 0 Å². The molecule has 0 fully saturated rings. The van der Waals surface area contributed by atoms with Gasteiger partial charge in [0.05, 0.1) is 5.56 Å². The van der Waals surface area contributed by atoms with Gasteiger partial charge in [-0.25, -0.2) is 0 Å². The molecule has 2 aromatic rings. The maximum atomic E-state index is 10.7. The first-order chi connectivity index (χ1) is 14.5. The molecule has 4 heteroatoms. The standard InChI is InChI=1S/C27H32O4/c1-16(2)7-9-18-13-23(29)26(30)21(10-8-17(3)4)25(18)19-14-22(28)20-11-12-27(5,6)31-24(20)15-19/h7-8,11-15,28-30H,9-10H2,1-6H3. The molecule has 3 N–H and O–H groups in total. The van der Waals surface area contributed by atoms with Gasteiger partial charge in [-0.2, -0.15) is 0 Å². The number of phenols is 3. The largest absolute Gasteiger partial charge is 0.507 e. The van der Waals surface area contributed by atoms with Crippen molar-refractivity contribution in [3.63, 3.8) is 0 Å². The topological polar surface area (TPSA) is 69.9 Å². The van der Waals surface area contributed by atoms with Crippen molar-refractivity contribution in [1.82, 2.24) is 0 Å². The summed E-state index contributed by atoms with van der Waals surface area (Å²) >= 11 is 0. The van der Waals surface area contributed by atoms with Crippen LogP contribution < -0.4 is 4.74 Å². The van der Waals surface area contributed by atoms with E-state index in [1.54, 1.807) is 12.1 Å². The van der Waals surface area contributed by atoms with E-state index in [0.717, 1.165) is 27.8 Å². The van der Waals surface area contributed by atoms with Crippen LogP contribution in [0.5, 0.6) is 23.0 Å². The average Bonchev–Trinajstić information content (AvgIpc) is 2.65. The molecule has 0 amide bonds. The lowest BCUT2D eigenvalue weighted by atomic mass is 9.88. The Labute approximate surface area is 184 Å². The second-order valence-electron chi connectivity index (χ2n) is 9.17. The van der Waals surface area contributed by atoms with Gasteiger partial charge in [-0.05, 0) is 101 Å². The van der Waals surface area contributed by atoms with E-state index in [2.05, 4.69) is 6.08 Å². The van der Waals surface area contributed by atoms with Gasteiger partial charge in [0.1, 0.15) is 17.1 Å². The maximum absolute atomic E-state index is 10.7. The summed E-state index contributed by atoms with van der Waals surface area (Å²) in [6, 6.07) is 5.22.